The Kier molecular flexibility index (Phi) is 9.31. The highest BCUT2D eigenvalue weighted by molar-refractivity contribution is 7.92. The topological polar surface area (TPSA) is 108 Å². The van der Waals surface area contributed by atoms with Crippen LogP contribution in [0.25, 0.3) is 0 Å². The molecule has 34 heavy (non-hydrogen) atoms. The number of carbonyl (C=O) groups is 1. The zero-order valence-electron chi connectivity index (χ0n) is 18.4. The van der Waals surface area contributed by atoms with Gasteiger partial charge in [-0.05, 0) is 43.2 Å². The molecule has 0 spiro atoms. The Labute approximate surface area is 214 Å². The second-order valence-electron chi connectivity index (χ2n) is 8.12. The number of halogens is 3. The predicted octanol–water partition coefficient (Wildman–Crippen LogP) is 3.65. The first-order valence-electron chi connectivity index (χ1n) is 10.6. The van der Waals surface area contributed by atoms with Crippen LogP contribution in [0.3, 0.4) is 0 Å². The van der Waals surface area contributed by atoms with Crippen LogP contribution < -0.4 is 14.8 Å². The Morgan fingerprint density at radius 3 is 2.50 bits per heavy atom. The summed E-state index contributed by atoms with van der Waals surface area (Å²) in [4.78, 5) is 14.7. The van der Waals surface area contributed by atoms with Crippen LogP contribution in [0.1, 0.15) is 23.2 Å². The predicted molar refractivity (Wildman–Crippen MR) is 135 cm³/mol. The molecule has 1 heterocycles. The molecule has 2 aromatic carbocycles. The molecule has 1 aliphatic rings. The van der Waals surface area contributed by atoms with Crippen LogP contribution >= 0.6 is 34.8 Å². The van der Waals surface area contributed by atoms with E-state index in [0.29, 0.717) is 22.3 Å². The number of piperidine rings is 1. The number of nitrogens with one attached hydrogen (secondary N) is 2. The monoisotopic (exact) mass is 549 g/mol. The second-order valence-corrected chi connectivity index (χ2v) is 11.1. The number of sulfonamides is 1. The maximum atomic E-state index is 12.6. The number of likely N-dealkylation sites (tertiary alicyclic amines) is 1. The molecule has 8 nitrogen and oxygen atoms in total. The average Bonchev–Trinajstić information content (AvgIpc) is 2.75. The zero-order valence-corrected chi connectivity index (χ0v) is 21.5. The number of amides is 1. The van der Waals surface area contributed by atoms with E-state index in [0.717, 1.165) is 32.2 Å². The first-order valence-corrected chi connectivity index (χ1v) is 13.6. The highest BCUT2D eigenvalue weighted by atomic mass is 35.5. The number of carbonyl (C=O) groups excluding carboxylic acids is 1. The summed E-state index contributed by atoms with van der Waals surface area (Å²) in [5, 5.41) is 14.3. The molecular weight excluding hydrogens is 525 g/mol. The molecule has 1 aliphatic heterocycles. The Morgan fingerprint density at radius 1 is 1.15 bits per heavy atom. The number of hydrogen-bond acceptors (Lipinski definition) is 6. The number of β-amino-alcohol motifs (C(OH)–C–C–N with tert-alkyl or cyclic N) is 1. The van der Waals surface area contributed by atoms with E-state index >= 15 is 0 Å². The number of hydrogen-bond donors (Lipinski definition) is 3. The van der Waals surface area contributed by atoms with Crippen LogP contribution in [-0.2, 0) is 10.0 Å². The number of rotatable bonds is 9. The minimum absolute atomic E-state index is 0.0134. The molecule has 1 atom stereocenters. The smallest absolute Gasteiger partial charge is 0.253 e. The molecule has 1 fully saturated rings. The molecule has 0 unspecified atom stereocenters. The third-order valence-corrected chi connectivity index (χ3v) is 6.78. The number of aliphatic hydroxyl groups is 1. The first-order chi connectivity index (χ1) is 16.0. The fraction of sp³-hybridized carbons (Fsp3) is 0.409. The Balaban J connectivity index is 1.45. The largest absolute Gasteiger partial charge is 0.490 e. The van der Waals surface area contributed by atoms with Gasteiger partial charge in [0.15, 0.2) is 0 Å². The molecular formula is C22H26Cl3N3O5S. The lowest BCUT2D eigenvalue weighted by molar-refractivity contribution is 0.0594. The average molecular weight is 551 g/mol. The lowest BCUT2D eigenvalue weighted by Gasteiger charge is -2.33. The van der Waals surface area contributed by atoms with Gasteiger partial charge in [0.05, 0.1) is 33.7 Å². The summed E-state index contributed by atoms with van der Waals surface area (Å²) >= 11 is 17.9. The van der Waals surface area contributed by atoms with E-state index in [-0.39, 0.29) is 28.9 Å². The summed E-state index contributed by atoms with van der Waals surface area (Å²) in [5.74, 6) is 0.151. The minimum atomic E-state index is -3.60. The van der Waals surface area contributed by atoms with Gasteiger partial charge >= 0.3 is 0 Å². The van der Waals surface area contributed by atoms with E-state index in [1.165, 1.54) is 18.2 Å². The van der Waals surface area contributed by atoms with Crippen molar-refractivity contribution in [2.24, 2.45) is 0 Å². The van der Waals surface area contributed by atoms with Crippen LogP contribution in [-0.4, -0.2) is 69.0 Å². The standard InChI is InChI=1S/C22H26Cl3N3O5S/c1-34(31,32)27-21-10-14(23)2-4-18(21)22(30)26-12-15(29)13-28-8-6-16(7-9-28)33-17-3-5-19(24)20(25)11-17/h2-5,10-11,15-16,27,29H,6-9,12-13H2,1H3,(H,26,30)/t15-/m1/s1. The van der Waals surface area contributed by atoms with Crippen molar-refractivity contribution in [3.63, 3.8) is 0 Å². The molecule has 1 saturated heterocycles. The van der Waals surface area contributed by atoms with E-state index in [2.05, 4.69) is 14.9 Å². The van der Waals surface area contributed by atoms with E-state index in [9.17, 15) is 18.3 Å². The van der Waals surface area contributed by atoms with Crippen molar-refractivity contribution in [3.05, 3.63) is 57.0 Å². The zero-order chi connectivity index (χ0) is 24.9. The van der Waals surface area contributed by atoms with Crippen LogP contribution in [0.4, 0.5) is 5.69 Å². The number of ether oxygens (including phenoxy) is 1. The number of nitrogens with zero attached hydrogens (tertiary/aromatic N) is 1. The van der Waals surface area contributed by atoms with Crippen molar-refractivity contribution in [1.29, 1.82) is 0 Å². The fourth-order valence-electron chi connectivity index (χ4n) is 3.62. The van der Waals surface area contributed by atoms with Crippen LogP contribution in [0.2, 0.25) is 15.1 Å². The molecule has 0 bridgehead atoms. The van der Waals surface area contributed by atoms with Gasteiger partial charge in [-0.3, -0.25) is 9.52 Å². The van der Waals surface area contributed by atoms with Gasteiger partial charge in [-0.25, -0.2) is 8.42 Å². The van der Waals surface area contributed by atoms with Crippen LogP contribution in [0.5, 0.6) is 5.75 Å². The Morgan fingerprint density at radius 2 is 1.85 bits per heavy atom. The van der Waals surface area contributed by atoms with Gasteiger partial charge in [-0.15, -0.1) is 0 Å². The summed E-state index contributed by atoms with van der Waals surface area (Å²) in [6.45, 7) is 1.86. The molecule has 12 heteroatoms. The molecule has 0 radical (unpaired) electrons. The minimum Gasteiger partial charge on any atom is -0.490 e. The van der Waals surface area contributed by atoms with Gasteiger partial charge in [-0.1, -0.05) is 34.8 Å². The Bertz CT molecular complexity index is 1120. The summed E-state index contributed by atoms with van der Waals surface area (Å²) in [6.07, 6.45) is 1.79. The molecule has 2 aromatic rings. The highest BCUT2D eigenvalue weighted by Gasteiger charge is 2.23. The van der Waals surface area contributed by atoms with Crippen molar-refractivity contribution in [2.75, 3.05) is 37.2 Å². The summed E-state index contributed by atoms with van der Waals surface area (Å²) in [7, 11) is -3.60. The Hall–Kier alpha value is -1.75. The SMILES string of the molecule is CS(=O)(=O)Nc1cc(Cl)ccc1C(=O)NC[C@@H](O)CN1CCC(Oc2ccc(Cl)c(Cl)c2)CC1. The van der Waals surface area contributed by atoms with Crippen LogP contribution in [0.15, 0.2) is 36.4 Å². The molecule has 0 saturated carbocycles. The van der Waals surface area contributed by atoms with Gasteiger partial charge in [0, 0.05) is 37.3 Å². The van der Waals surface area contributed by atoms with Crippen molar-refractivity contribution in [3.8, 4) is 5.75 Å². The van der Waals surface area contributed by atoms with Gasteiger partial charge < -0.3 is 20.1 Å². The molecule has 3 rings (SSSR count). The number of anilines is 1. The summed E-state index contributed by atoms with van der Waals surface area (Å²) in [5.41, 5.74) is 0.188. The normalized spacial score (nSPS) is 16.1. The molecule has 186 valence electrons. The van der Waals surface area contributed by atoms with E-state index in [4.69, 9.17) is 39.5 Å². The lowest BCUT2D eigenvalue weighted by atomic mass is 10.1. The molecule has 0 aromatic heterocycles. The second kappa shape index (κ2) is 11.8. The maximum absolute atomic E-state index is 12.6. The summed E-state index contributed by atoms with van der Waals surface area (Å²) in [6, 6.07) is 9.45. The van der Waals surface area contributed by atoms with E-state index < -0.39 is 22.0 Å². The van der Waals surface area contributed by atoms with Gasteiger partial charge in [0.2, 0.25) is 10.0 Å². The maximum Gasteiger partial charge on any atom is 0.253 e. The van der Waals surface area contributed by atoms with E-state index in [1.54, 1.807) is 18.2 Å². The van der Waals surface area contributed by atoms with Gasteiger partial charge in [0.25, 0.3) is 5.91 Å². The van der Waals surface area contributed by atoms with Crippen molar-refractivity contribution in [1.82, 2.24) is 10.2 Å². The highest BCUT2D eigenvalue weighted by Crippen LogP contribution is 2.28. The first kappa shape index (κ1) is 26.8. The van der Waals surface area contributed by atoms with Gasteiger partial charge in [-0.2, -0.15) is 0 Å². The fourth-order valence-corrected chi connectivity index (χ4v) is 4.65. The van der Waals surface area contributed by atoms with Crippen molar-refractivity contribution >= 4 is 56.4 Å². The van der Waals surface area contributed by atoms with E-state index in [1.807, 2.05) is 0 Å². The quantitative estimate of drug-likeness (QED) is 0.440. The third kappa shape index (κ3) is 8.18. The summed E-state index contributed by atoms with van der Waals surface area (Å²) < 4.78 is 31.4. The van der Waals surface area contributed by atoms with Crippen molar-refractivity contribution in [2.45, 2.75) is 25.0 Å². The van der Waals surface area contributed by atoms with Gasteiger partial charge in [0.1, 0.15) is 11.9 Å². The number of aliphatic hydroxyl groups excluding tert-OH is 1. The molecule has 3 N–H and O–H groups in total. The molecule has 1 amide bonds. The lowest BCUT2D eigenvalue weighted by Crippen LogP contribution is -2.45. The van der Waals surface area contributed by atoms with Crippen molar-refractivity contribution < 1.29 is 23.1 Å². The van der Waals surface area contributed by atoms with Crippen LogP contribution in [0, 0.1) is 0 Å². The third-order valence-electron chi connectivity index (χ3n) is 5.22. The molecule has 0 aliphatic carbocycles. The number of benzene rings is 2.